The Hall–Kier alpha value is -1.56. The van der Waals surface area contributed by atoms with E-state index >= 15 is 0 Å². The molecule has 0 saturated carbocycles. The summed E-state index contributed by atoms with van der Waals surface area (Å²) in [5.74, 6) is 1.46. The zero-order chi connectivity index (χ0) is 25.0. The quantitative estimate of drug-likeness (QED) is 0.212. The third-order valence-corrected chi connectivity index (χ3v) is 8.65. The van der Waals surface area contributed by atoms with Gasteiger partial charge in [0.05, 0.1) is 0 Å². The Balaban J connectivity index is 1.98. The average molecular weight is 475 g/mol. The lowest BCUT2D eigenvalue weighted by Gasteiger charge is -2.20. The summed E-state index contributed by atoms with van der Waals surface area (Å²) in [6, 6.07) is 7.53. The van der Waals surface area contributed by atoms with Gasteiger partial charge in [0.15, 0.2) is 0 Å². The van der Waals surface area contributed by atoms with Gasteiger partial charge in [0.2, 0.25) is 0 Å². The molecule has 1 aliphatic carbocycles. The number of unbranched alkanes of at least 4 members (excludes halogenated alkanes) is 7. The number of hydrogen-bond acceptors (Lipinski definition) is 0. The predicted octanol–water partition coefficient (Wildman–Crippen LogP) is 9.76. The number of rotatable bonds is 16. The molecule has 2 aromatic carbocycles. The van der Waals surface area contributed by atoms with Crippen LogP contribution in [0.1, 0.15) is 147 Å². The van der Waals surface area contributed by atoms with Crippen molar-refractivity contribution in [3.63, 3.8) is 0 Å². The molecule has 0 heterocycles. The molecule has 2 atom stereocenters. The molecule has 0 saturated heterocycles. The topological polar surface area (TPSA) is 0 Å². The second-order valence-electron chi connectivity index (χ2n) is 11.5. The summed E-state index contributed by atoms with van der Waals surface area (Å²) in [5, 5.41) is 6.34. The minimum absolute atomic E-state index is 0.634. The molecule has 0 aromatic heterocycles. The van der Waals surface area contributed by atoms with Crippen molar-refractivity contribution in [3.8, 4) is 0 Å². The Morgan fingerprint density at radius 2 is 1.29 bits per heavy atom. The van der Waals surface area contributed by atoms with E-state index in [0.717, 1.165) is 5.92 Å². The van der Waals surface area contributed by atoms with Crippen LogP contribution in [0.5, 0.6) is 0 Å². The highest BCUT2D eigenvalue weighted by atomic mass is 14.2. The Labute approximate surface area is 217 Å². The zero-order valence-electron chi connectivity index (χ0n) is 23.9. The molecule has 0 bridgehead atoms. The number of fused-ring (bicyclic) bond motifs is 2. The summed E-state index contributed by atoms with van der Waals surface area (Å²) in [7, 11) is 0. The number of benzene rings is 2. The van der Waals surface area contributed by atoms with Gasteiger partial charge in [-0.3, -0.25) is 0 Å². The molecule has 3 rings (SSSR count). The Bertz CT molecular complexity index is 1020. The minimum Gasteiger partial charge on any atom is -0.0761 e. The lowest BCUT2D eigenvalue weighted by Crippen LogP contribution is -2.35. The van der Waals surface area contributed by atoms with Gasteiger partial charge in [0.25, 0.3) is 0 Å². The standard InChI is InChI=1S/C35H54/c1-6-9-11-12-13-15-19-32-30-20-16-17-21-31(30)33(24-22-27(4)18-14-10-7-2)34-25-23-29(26-35(32)34)28(5)8-3/h20-21,23,25-28H,6-19,22,24H2,1-5H3. The van der Waals surface area contributed by atoms with Crippen LogP contribution in [0.3, 0.4) is 0 Å². The average Bonchev–Trinajstić information content (AvgIpc) is 2.89. The Kier molecular flexibility index (Phi) is 11.9. The molecular weight excluding hydrogens is 420 g/mol. The fourth-order valence-corrected chi connectivity index (χ4v) is 6.05. The van der Waals surface area contributed by atoms with E-state index < -0.39 is 0 Å². The second-order valence-corrected chi connectivity index (χ2v) is 11.5. The van der Waals surface area contributed by atoms with Gasteiger partial charge in [-0.05, 0) is 94.7 Å². The van der Waals surface area contributed by atoms with Crippen LogP contribution in [0.15, 0.2) is 18.2 Å². The van der Waals surface area contributed by atoms with Crippen molar-refractivity contribution >= 4 is 22.9 Å². The van der Waals surface area contributed by atoms with Gasteiger partial charge in [-0.1, -0.05) is 123 Å². The first-order chi connectivity index (χ1) is 17.1. The molecule has 0 amide bonds. The van der Waals surface area contributed by atoms with Gasteiger partial charge in [0, 0.05) is 0 Å². The monoisotopic (exact) mass is 474 g/mol. The maximum Gasteiger partial charge on any atom is -0.0140 e. The van der Waals surface area contributed by atoms with E-state index in [0.29, 0.717) is 5.92 Å². The minimum atomic E-state index is 0.634. The first-order valence-corrected chi connectivity index (χ1v) is 15.4. The van der Waals surface area contributed by atoms with Crippen molar-refractivity contribution in [2.75, 3.05) is 0 Å². The molecule has 194 valence electrons. The summed E-state index contributed by atoms with van der Waals surface area (Å²) >= 11 is 0. The van der Waals surface area contributed by atoms with Gasteiger partial charge in [0.1, 0.15) is 0 Å². The van der Waals surface area contributed by atoms with Crippen LogP contribution in [0.25, 0.3) is 22.9 Å². The predicted molar refractivity (Wildman–Crippen MR) is 159 cm³/mol. The maximum atomic E-state index is 2.59. The number of aryl methyl sites for hydroxylation is 2. The Morgan fingerprint density at radius 3 is 1.97 bits per heavy atom. The fourth-order valence-electron chi connectivity index (χ4n) is 6.05. The normalized spacial score (nSPS) is 14.9. The lowest BCUT2D eigenvalue weighted by molar-refractivity contribution is 0.464. The van der Waals surface area contributed by atoms with Crippen molar-refractivity contribution in [2.24, 2.45) is 5.92 Å². The van der Waals surface area contributed by atoms with E-state index in [2.05, 4.69) is 65.0 Å². The van der Waals surface area contributed by atoms with E-state index in [-0.39, 0.29) is 0 Å². The van der Waals surface area contributed by atoms with Crippen LogP contribution in [-0.4, -0.2) is 0 Å². The van der Waals surface area contributed by atoms with Crippen LogP contribution in [0.4, 0.5) is 0 Å². The molecule has 0 N–H and O–H groups in total. The SMILES string of the molecule is CCCCCCCCc1c2c(c(CCC(C)CCCCC)c3ccc(C(C)CC)cc13)=CCCC=2. The molecule has 0 heteroatoms. The van der Waals surface area contributed by atoms with E-state index in [4.69, 9.17) is 0 Å². The fraction of sp³-hybridized carbons (Fsp3) is 0.657. The number of hydrogen-bond donors (Lipinski definition) is 0. The van der Waals surface area contributed by atoms with E-state index in [1.807, 2.05) is 0 Å². The van der Waals surface area contributed by atoms with E-state index in [1.54, 1.807) is 32.3 Å². The molecule has 0 fully saturated rings. The second kappa shape index (κ2) is 14.9. The first-order valence-electron chi connectivity index (χ1n) is 15.4. The third kappa shape index (κ3) is 7.71. The van der Waals surface area contributed by atoms with Gasteiger partial charge < -0.3 is 0 Å². The highest BCUT2D eigenvalue weighted by Gasteiger charge is 2.16. The summed E-state index contributed by atoms with van der Waals surface area (Å²) < 4.78 is 0. The van der Waals surface area contributed by atoms with Crippen molar-refractivity contribution < 1.29 is 0 Å². The highest BCUT2D eigenvalue weighted by Crippen LogP contribution is 2.29. The largest absolute Gasteiger partial charge is 0.0761 e. The van der Waals surface area contributed by atoms with Crippen molar-refractivity contribution in [1.82, 2.24) is 0 Å². The van der Waals surface area contributed by atoms with Gasteiger partial charge >= 0.3 is 0 Å². The molecule has 0 nitrogen and oxygen atoms in total. The molecule has 0 spiro atoms. The summed E-state index contributed by atoms with van der Waals surface area (Å²) in [4.78, 5) is 0. The van der Waals surface area contributed by atoms with Crippen LogP contribution >= 0.6 is 0 Å². The molecule has 1 aliphatic rings. The maximum absolute atomic E-state index is 2.59. The van der Waals surface area contributed by atoms with Crippen molar-refractivity contribution in [1.29, 1.82) is 0 Å². The zero-order valence-corrected chi connectivity index (χ0v) is 23.9. The van der Waals surface area contributed by atoms with Crippen molar-refractivity contribution in [2.45, 2.75) is 143 Å². The summed E-state index contributed by atoms with van der Waals surface area (Å²) in [5.41, 5.74) is 4.84. The Morgan fingerprint density at radius 1 is 0.657 bits per heavy atom. The van der Waals surface area contributed by atoms with Crippen molar-refractivity contribution in [3.05, 3.63) is 45.3 Å². The molecule has 2 aromatic rings. The molecule has 0 radical (unpaired) electrons. The van der Waals surface area contributed by atoms with Gasteiger partial charge in [-0.2, -0.15) is 0 Å². The molecule has 0 aliphatic heterocycles. The molecular formula is C35H54. The van der Waals surface area contributed by atoms with Crippen LogP contribution < -0.4 is 10.4 Å². The van der Waals surface area contributed by atoms with E-state index in [1.165, 1.54) is 108 Å². The molecule has 35 heavy (non-hydrogen) atoms. The molecule has 2 unspecified atom stereocenters. The van der Waals surface area contributed by atoms with Crippen LogP contribution in [-0.2, 0) is 12.8 Å². The lowest BCUT2D eigenvalue weighted by atomic mass is 9.84. The van der Waals surface area contributed by atoms with E-state index in [9.17, 15) is 0 Å². The summed E-state index contributed by atoms with van der Waals surface area (Å²) in [6.07, 6.45) is 26.3. The van der Waals surface area contributed by atoms with Crippen LogP contribution in [0, 0.1) is 5.92 Å². The van der Waals surface area contributed by atoms with Gasteiger partial charge in [-0.25, -0.2) is 0 Å². The first kappa shape index (κ1) is 28.0. The third-order valence-electron chi connectivity index (χ3n) is 8.65. The highest BCUT2D eigenvalue weighted by molar-refractivity contribution is 5.90. The smallest absolute Gasteiger partial charge is 0.0140 e. The van der Waals surface area contributed by atoms with Crippen LogP contribution in [0.2, 0.25) is 0 Å². The summed E-state index contributed by atoms with van der Waals surface area (Å²) in [6.45, 7) is 11.8. The van der Waals surface area contributed by atoms with Gasteiger partial charge in [-0.15, -0.1) is 0 Å².